The smallest absolute Gasteiger partial charge is 0.118 e. The van der Waals surface area contributed by atoms with Crippen LogP contribution >= 0.6 is 11.8 Å². The summed E-state index contributed by atoms with van der Waals surface area (Å²) in [6.07, 6.45) is 2.44. The van der Waals surface area contributed by atoms with Crippen LogP contribution in [0.5, 0.6) is 0 Å². The zero-order valence-corrected chi connectivity index (χ0v) is 10.2. The molecule has 0 spiro atoms. The summed E-state index contributed by atoms with van der Waals surface area (Å²) in [5.41, 5.74) is -0.246. The van der Waals surface area contributed by atoms with E-state index in [4.69, 9.17) is 0 Å². The van der Waals surface area contributed by atoms with Gasteiger partial charge in [0.2, 0.25) is 0 Å². The quantitative estimate of drug-likeness (QED) is 0.734. The van der Waals surface area contributed by atoms with E-state index in [1.807, 2.05) is 11.8 Å². The summed E-state index contributed by atoms with van der Waals surface area (Å²) in [7, 11) is 0. The molecule has 0 bridgehead atoms. The van der Waals surface area contributed by atoms with Gasteiger partial charge in [-0.25, -0.2) is 0 Å². The minimum Gasteiger partial charge on any atom is -0.299 e. The lowest BCUT2D eigenvalue weighted by Gasteiger charge is -2.27. The number of nitriles is 1. The van der Waals surface area contributed by atoms with Gasteiger partial charge in [0.25, 0.3) is 0 Å². The van der Waals surface area contributed by atoms with E-state index in [9.17, 15) is 5.26 Å². The highest BCUT2D eigenvalue weighted by molar-refractivity contribution is 7.99. The fourth-order valence-electron chi connectivity index (χ4n) is 1.67. The van der Waals surface area contributed by atoms with Crippen molar-refractivity contribution in [3.8, 4) is 6.07 Å². The molecule has 1 aliphatic carbocycles. The molecule has 0 aromatic heterocycles. The van der Waals surface area contributed by atoms with Gasteiger partial charge in [0.1, 0.15) is 5.54 Å². The summed E-state index contributed by atoms with van der Waals surface area (Å²) in [5, 5.41) is 13.3. The number of hydrogen-bond acceptors (Lipinski definition) is 3. The molecule has 80 valence electrons. The second-order valence-electron chi connectivity index (χ2n) is 4.25. The zero-order valence-electron chi connectivity index (χ0n) is 9.34. The maximum absolute atomic E-state index is 9.31. The Labute approximate surface area is 91.4 Å². The molecule has 0 heterocycles. The predicted molar refractivity (Wildman–Crippen MR) is 62.3 cm³/mol. The van der Waals surface area contributed by atoms with Gasteiger partial charge in [0.15, 0.2) is 0 Å². The van der Waals surface area contributed by atoms with Crippen LogP contribution in [0, 0.1) is 17.2 Å². The molecule has 2 nitrogen and oxygen atoms in total. The summed E-state index contributed by atoms with van der Waals surface area (Å²) >= 11 is 1.89. The van der Waals surface area contributed by atoms with Crippen LogP contribution in [0.15, 0.2) is 0 Å². The van der Waals surface area contributed by atoms with Crippen molar-refractivity contribution >= 4 is 11.8 Å². The molecule has 0 amide bonds. The normalized spacial score (nSPS) is 20.5. The van der Waals surface area contributed by atoms with Gasteiger partial charge in [-0.05, 0) is 30.6 Å². The summed E-state index contributed by atoms with van der Waals surface area (Å²) < 4.78 is 0. The van der Waals surface area contributed by atoms with Crippen molar-refractivity contribution in [3.63, 3.8) is 0 Å². The highest BCUT2D eigenvalue weighted by Crippen LogP contribution is 2.41. The molecule has 0 aliphatic heterocycles. The third kappa shape index (κ3) is 2.90. The Morgan fingerprint density at radius 3 is 2.57 bits per heavy atom. The summed E-state index contributed by atoms with van der Waals surface area (Å²) in [5.74, 6) is 1.53. The maximum atomic E-state index is 9.31. The number of nitrogens with zero attached hydrogens (tertiary/aromatic N) is 1. The average molecular weight is 212 g/mol. The number of thioether (sulfide) groups is 1. The van der Waals surface area contributed by atoms with E-state index in [0.717, 1.165) is 12.3 Å². The van der Waals surface area contributed by atoms with E-state index < -0.39 is 0 Å². The molecular formula is C11H20N2S. The molecule has 0 radical (unpaired) electrons. The Hall–Kier alpha value is -0.200. The van der Waals surface area contributed by atoms with Crippen molar-refractivity contribution in [3.05, 3.63) is 0 Å². The lowest BCUT2D eigenvalue weighted by Crippen LogP contribution is -2.48. The molecule has 1 N–H and O–H groups in total. The van der Waals surface area contributed by atoms with E-state index in [1.54, 1.807) is 0 Å². The van der Waals surface area contributed by atoms with E-state index in [-0.39, 0.29) is 5.54 Å². The molecule has 1 fully saturated rings. The molecule has 14 heavy (non-hydrogen) atoms. The van der Waals surface area contributed by atoms with Crippen molar-refractivity contribution in [2.45, 2.75) is 44.4 Å². The Balaban J connectivity index is 2.55. The first-order valence-corrected chi connectivity index (χ1v) is 6.47. The fraction of sp³-hybridized carbons (Fsp3) is 0.909. The topological polar surface area (TPSA) is 35.8 Å². The van der Waals surface area contributed by atoms with Crippen LogP contribution in [0.1, 0.15) is 33.6 Å². The van der Waals surface area contributed by atoms with Gasteiger partial charge in [0.05, 0.1) is 6.07 Å². The van der Waals surface area contributed by atoms with Crippen LogP contribution in [0.25, 0.3) is 0 Å². The van der Waals surface area contributed by atoms with E-state index in [1.165, 1.54) is 12.8 Å². The fourth-order valence-corrected chi connectivity index (χ4v) is 2.66. The maximum Gasteiger partial charge on any atom is 0.118 e. The summed E-state index contributed by atoms with van der Waals surface area (Å²) in [4.78, 5) is 0. The monoisotopic (exact) mass is 212 g/mol. The Morgan fingerprint density at radius 1 is 1.57 bits per heavy atom. The largest absolute Gasteiger partial charge is 0.299 e. The van der Waals surface area contributed by atoms with Crippen LogP contribution in [-0.2, 0) is 0 Å². The number of rotatable bonds is 6. The first-order chi connectivity index (χ1) is 6.64. The predicted octanol–water partition coefficient (Wildman–Crippen LogP) is 2.41. The highest BCUT2D eigenvalue weighted by atomic mass is 32.2. The van der Waals surface area contributed by atoms with E-state index >= 15 is 0 Å². The third-order valence-electron chi connectivity index (χ3n) is 2.61. The Bertz CT molecular complexity index is 218. The highest BCUT2D eigenvalue weighted by Gasteiger charge is 2.45. The van der Waals surface area contributed by atoms with Gasteiger partial charge in [-0.3, -0.25) is 5.32 Å². The van der Waals surface area contributed by atoms with Gasteiger partial charge in [-0.15, -0.1) is 0 Å². The average Bonchev–Trinajstić information content (AvgIpc) is 2.95. The van der Waals surface area contributed by atoms with Crippen molar-refractivity contribution in [1.82, 2.24) is 5.32 Å². The molecule has 0 saturated heterocycles. The van der Waals surface area contributed by atoms with Crippen LogP contribution in [-0.4, -0.2) is 23.1 Å². The molecule has 1 saturated carbocycles. The molecular weight excluding hydrogens is 192 g/mol. The lowest BCUT2D eigenvalue weighted by molar-refractivity contribution is 0.415. The minimum atomic E-state index is -0.246. The van der Waals surface area contributed by atoms with Crippen molar-refractivity contribution in [2.75, 3.05) is 12.3 Å². The van der Waals surface area contributed by atoms with Gasteiger partial charge >= 0.3 is 0 Å². The second-order valence-corrected chi connectivity index (χ2v) is 5.81. The van der Waals surface area contributed by atoms with Crippen molar-refractivity contribution < 1.29 is 0 Å². The summed E-state index contributed by atoms with van der Waals surface area (Å²) in [6, 6.07) is 2.50. The minimum absolute atomic E-state index is 0.246. The van der Waals surface area contributed by atoms with Gasteiger partial charge in [-0.2, -0.15) is 17.0 Å². The second kappa shape index (κ2) is 5.04. The van der Waals surface area contributed by atoms with Crippen LogP contribution in [0.4, 0.5) is 0 Å². The molecule has 3 heteroatoms. The van der Waals surface area contributed by atoms with Gasteiger partial charge in [0, 0.05) is 5.75 Å². The molecule has 1 rings (SSSR count). The number of nitrogens with one attached hydrogen (secondary N) is 1. The van der Waals surface area contributed by atoms with Crippen molar-refractivity contribution in [2.24, 2.45) is 5.92 Å². The molecule has 1 atom stereocenters. The SMILES string of the molecule is CCNC(C#N)(CSC(C)C)C1CC1. The zero-order chi connectivity index (χ0) is 10.6. The van der Waals surface area contributed by atoms with Crippen LogP contribution < -0.4 is 5.32 Å². The first-order valence-electron chi connectivity index (χ1n) is 5.42. The van der Waals surface area contributed by atoms with Crippen LogP contribution in [0.2, 0.25) is 0 Å². The van der Waals surface area contributed by atoms with Gasteiger partial charge < -0.3 is 0 Å². The Kier molecular flexibility index (Phi) is 4.28. The number of hydrogen-bond donors (Lipinski definition) is 1. The van der Waals surface area contributed by atoms with Crippen molar-refractivity contribution in [1.29, 1.82) is 5.26 Å². The molecule has 0 aromatic carbocycles. The van der Waals surface area contributed by atoms with E-state index in [0.29, 0.717) is 11.2 Å². The third-order valence-corrected chi connectivity index (χ3v) is 3.90. The molecule has 0 aromatic rings. The molecule has 1 aliphatic rings. The summed E-state index contributed by atoms with van der Waals surface area (Å²) in [6.45, 7) is 7.34. The Morgan fingerprint density at radius 2 is 2.21 bits per heavy atom. The van der Waals surface area contributed by atoms with Gasteiger partial charge in [-0.1, -0.05) is 20.8 Å². The lowest BCUT2D eigenvalue weighted by atomic mass is 9.98. The van der Waals surface area contributed by atoms with E-state index in [2.05, 4.69) is 32.2 Å². The first kappa shape index (κ1) is 11.9. The molecule has 1 unspecified atom stereocenters. The standard InChI is InChI=1S/C11H20N2S/c1-4-13-11(7-12,10-5-6-10)8-14-9(2)3/h9-10,13H,4-6,8H2,1-3H3. The van der Waals surface area contributed by atoms with Crippen LogP contribution in [0.3, 0.4) is 0 Å².